The van der Waals surface area contributed by atoms with Gasteiger partial charge in [0.1, 0.15) is 0 Å². The van der Waals surface area contributed by atoms with E-state index in [1.54, 1.807) is 0 Å². The molecule has 0 aliphatic rings. The van der Waals surface area contributed by atoms with Crippen molar-refractivity contribution in [3.63, 3.8) is 0 Å². The molecule has 0 rings (SSSR count). The lowest BCUT2D eigenvalue weighted by atomic mass is 10.0. The fourth-order valence-corrected chi connectivity index (χ4v) is 1.39. The largest absolute Gasteiger partial charge is 0.389 e. The minimum atomic E-state index is -0.236. The summed E-state index contributed by atoms with van der Waals surface area (Å²) < 4.78 is 0. The van der Waals surface area contributed by atoms with Crippen LogP contribution in [0.1, 0.15) is 53.4 Å². The van der Waals surface area contributed by atoms with Gasteiger partial charge in [-0.25, -0.2) is 0 Å². The van der Waals surface area contributed by atoms with Gasteiger partial charge in [0.15, 0.2) is 0 Å². The quantitative estimate of drug-likeness (QED) is 0.505. The average molecular weight is 196 g/mol. The number of hydrogen-bond donors (Lipinski definition) is 1. The fourth-order valence-electron chi connectivity index (χ4n) is 1.39. The van der Waals surface area contributed by atoms with Crippen molar-refractivity contribution in [2.45, 2.75) is 59.5 Å². The third-order valence-corrected chi connectivity index (χ3v) is 2.29. The molecule has 1 N–H and O–H groups in total. The summed E-state index contributed by atoms with van der Waals surface area (Å²) in [6, 6.07) is 0. The van der Waals surface area contributed by atoms with Gasteiger partial charge in [0.05, 0.1) is 6.10 Å². The van der Waals surface area contributed by atoms with Crippen molar-refractivity contribution in [2.75, 3.05) is 0 Å². The van der Waals surface area contributed by atoms with Crippen molar-refractivity contribution < 1.29 is 5.11 Å². The predicted octanol–water partition coefficient (Wildman–Crippen LogP) is 3.84. The molecule has 1 atom stereocenters. The molecule has 0 bridgehead atoms. The van der Waals surface area contributed by atoms with Gasteiger partial charge in [-0.2, -0.15) is 0 Å². The van der Waals surface area contributed by atoms with E-state index >= 15 is 0 Å². The summed E-state index contributed by atoms with van der Waals surface area (Å²) in [4.78, 5) is 0. The first-order valence-corrected chi connectivity index (χ1v) is 5.56. The van der Waals surface area contributed by atoms with Crippen LogP contribution in [-0.4, -0.2) is 11.2 Å². The van der Waals surface area contributed by atoms with Gasteiger partial charge in [-0.1, -0.05) is 24.6 Å². The lowest BCUT2D eigenvalue weighted by Crippen LogP contribution is -2.07. The Balaban J connectivity index is 3.69. The predicted molar refractivity (Wildman–Crippen MR) is 63.3 cm³/mol. The summed E-state index contributed by atoms with van der Waals surface area (Å²) in [5.41, 5.74) is 2.48. The molecule has 0 aromatic rings. The zero-order valence-electron chi connectivity index (χ0n) is 10.0. The highest BCUT2D eigenvalue weighted by molar-refractivity contribution is 5.04. The Bertz CT molecular complexity index is 197. The summed E-state index contributed by atoms with van der Waals surface area (Å²) in [6.45, 7) is 8.33. The van der Waals surface area contributed by atoms with E-state index in [0.717, 1.165) is 31.3 Å². The van der Waals surface area contributed by atoms with Crippen LogP contribution in [0.4, 0.5) is 0 Å². The topological polar surface area (TPSA) is 20.2 Å². The number of rotatable bonds is 6. The van der Waals surface area contributed by atoms with E-state index in [2.05, 4.69) is 32.9 Å². The third-order valence-electron chi connectivity index (χ3n) is 2.29. The standard InChI is InChI=1S/C13H24O/c1-5-8-12(4)13(14)10-7-6-9-11(2)3/h8-9,13-14H,5-7,10H2,1-4H3. The number of allylic oxidation sites excluding steroid dienone is 3. The Morgan fingerprint density at radius 2 is 1.86 bits per heavy atom. The molecule has 0 saturated heterocycles. The molecule has 14 heavy (non-hydrogen) atoms. The lowest BCUT2D eigenvalue weighted by molar-refractivity contribution is 0.197. The van der Waals surface area contributed by atoms with Gasteiger partial charge in [0.2, 0.25) is 0 Å². The van der Waals surface area contributed by atoms with E-state index in [-0.39, 0.29) is 6.10 Å². The summed E-state index contributed by atoms with van der Waals surface area (Å²) in [5.74, 6) is 0. The van der Waals surface area contributed by atoms with E-state index < -0.39 is 0 Å². The van der Waals surface area contributed by atoms with Crippen molar-refractivity contribution >= 4 is 0 Å². The van der Waals surface area contributed by atoms with Gasteiger partial charge < -0.3 is 5.11 Å². The molecule has 0 spiro atoms. The van der Waals surface area contributed by atoms with Gasteiger partial charge in [0.25, 0.3) is 0 Å². The second-order valence-electron chi connectivity index (χ2n) is 4.08. The van der Waals surface area contributed by atoms with Crippen LogP contribution in [0.3, 0.4) is 0 Å². The van der Waals surface area contributed by atoms with E-state index in [1.165, 1.54) is 5.57 Å². The maximum Gasteiger partial charge on any atom is 0.0747 e. The molecule has 0 heterocycles. The zero-order chi connectivity index (χ0) is 11.0. The number of aliphatic hydroxyl groups excluding tert-OH is 1. The van der Waals surface area contributed by atoms with Crippen molar-refractivity contribution in [2.24, 2.45) is 0 Å². The van der Waals surface area contributed by atoms with Crippen molar-refractivity contribution in [1.82, 2.24) is 0 Å². The molecule has 0 aliphatic heterocycles. The maximum atomic E-state index is 9.73. The minimum absolute atomic E-state index is 0.236. The van der Waals surface area contributed by atoms with E-state index in [9.17, 15) is 5.11 Å². The van der Waals surface area contributed by atoms with Crippen molar-refractivity contribution in [3.05, 3.63) is 23.3 Å². The summed E-state index contributed by atoms with van der Waals surface area (Å²) in [5, 5.41) is 9.73. The van der Waals surface area contributed by atoms with Crippen molar-refractivity contribution in [3.8, 4) is 0 Å². The van der Waals surface area contributed by atoms with E-state index in [4.69, 9.17) is 0 Å². The maximum absolute atomic E-state index is 9.73. The van der Waals surface area contributed by atoms with Crippen LogP contribution < -0.4 is 0 Å². The molecule has 0 aliphatic carbocycles. The highest BCUT2D eigenvalue weighted by atomic mass is 16.3. The molecular weight excluding hydrogens is 172 g/mol. The van der Waals surface area contributed by atoms with Gasteiger partial charge in [-0.05, 0) is 52.0 Å². The molecule has 0 radical (unpaired) electrons. The van der Waals surface area contributed by atoms with Gasteiger partial charge in [-0.3, -0.25) is 0 Å². The first kappa shape index (κ1) is 13.4. The average Bonchev–Trinajstić information content (AvgIpc) is 2.12. The normalized spacial score (nSPS) is 13.9. The second-order valence-corrected chi connectivity index (χ2v) is 4.08. The van der Waals surface area contributed by atoms with Gasteiger partial charge in [-0.15, -0.1) is 0 Å². The highest BCUT2D eigenvalue weighted by Crippen LogP contribution is 2.11. The van der Waals surface area contributed by atoms with Crippen LogP contribution in [0.5, 0.6) is 0 Å². The number of unbranched alkanes of at least 4 members (excludes halogenated alkanes) is 1. The molecule has 0 amide bonds. The zero-order valence-corrected chi connectivity index (χ0v) is 10.0. The Morgan fingerprint density at radius 3 is 2.36 bits per heavy atom. The fraction of sp³-hybridized carbons (Fsp3) is 0.692. The first-order valence-electron chi connectivity index (χ1n) is 5.56. The highest BCUT2D eigenvalue weighted by Gasteiger charge is 2.04. The van der Waals surface area contributed by atoms with Gasteiger partial charge in [0, 0.05) is 0 Å². The Labute approximate surface area is 88.5 Å². The third kappa shape index (κ3) is 6.90. The molecule has 0 fully saturated rings. The molecule has 0 saturated carbocycles. The minimum Gasteiger partial charge on any atom is -0.389 e. The second kappa shape index (κ2) is 7.81. The van der Waals surface area contributed by atoms with Crippen LogP contribution in [0.2, 0.25) is 0 Å². The number of hydrogen-bond acceptors (Lipinski definition) is 1. The Morgan fingerprint density at radius 1 is 1.21 bits per heavy atom. The monoisotopic (exact) mass is 196 g/mol. The smallest absolute Gasteiger partial charge is 0.0747 e. The van der Waals surface area contributed by atoms with Crippen molar-refractivity contribution in [1.29, 1.82) is 0 Å². The summed E-state index contributed by atoms with van der Waals surface area (Å²) >= 11 is 0. The molecule has 0 aromatic carbocycles. The van der Waals surface area contributed by atoms with E-state index in [1.807, 2.05) is 6.92 Å². The molecule has 1 nitrogen and oxygen atoms in total. The van der Waals surface area contributed by atoms with Gasteiger partial charge >= 0.3 is 0 Å². The molecule has 0 aromatic heterocycles. The van der Waals surface area contributed by atoms with Crippen LogP contribution in [-0.2, 0) is 0 Å². The Kier molecular flexibility index (Phi) is 7.50. The first-order chi connectivity index (χ1) is 6.57. The van der Waals surface area contributed by atoms with Crippen LogP contribution in [0.25, 0.3) is 0 Å². The van der Waals surface area contributed by atoms with E-state index in [0.29, 0.717) is 0 Å². The summed E-state index contributed by atoms with van der Waals surface area (Å²) in [6.07, 6.45) is 8.14. The number of aliphatic hydroxyl groups is 1. The molecular formula is C13H24O. The molecule has 1 heteroatoms. The Hall–Kier alpha value is -0.560. The molecule has 1 unspecified atom stereocenters. The lowest BCUT2D eigenvalue weighted by Gasteiger charge is -2.10. The SMILES string of the molecule is CCC=C(C)C(O)CCCC=C(C)C. The van der Waals surface area contributed by atoms with Crippen LogP contribution in [0, 0.1) is 0 Å². The molecule has 82 valence electrons. The summed E-state index contributed by atoms with van der Waals surface area (Å²) in [7, 11) is 0. The van der Waals surface area contributed by atoms with Crippen LogP contribution in [0.15, 0.2) is 23.3 Å². The van der Waals surface area contributed by atoms with Crippen LogP contribution >= 0.6 is 0 Å².